The number of rotatable bonds is 7. The molecule has 0 aromatic rings. The molecule has 0 aliphatic rings. The summed E-state index contributed by atoms with van der Waals surface area (Å²) in [6.45, 7) is 13.7. The largest absolute Gasteiger partial charge is 0.386 e. The normalized spacial score (nSPS) is 17.6. The lowest BCUT2D eigenvalue weighted by atomic mass is 10.2. The van der Waals surface area contributed by atoms with Gasteiger partial charge >= 0.3 is 0 Å². The molecule has 0 fully saturated rings. The Bertz CT molecular complexity index is 255. The molecule has 0 saturated heterocycles. The van der Waals surface area contributed by atoms with Crippen LogP contribution in [0.3, 0.4) is 0 Å². The number of aliphatic hydroxyl groups excluding tert-OH is 2. The van der Waals surface area contributed by atoms with Crippen LogP contribution < -0.4 is 0 Å². The lowest BCUT2D eigenvalue weighted by Gasteiger charge is -2.15. The maximum absolute atomic E-state index is 9.78. The summed E-state index contributed by atoms with van der Waals surface area (Å²) in [5.41, 5.74) is 0. The first-order chi connectivity index (χ1) is 8.01. The van der Waals surface area contributed by atoms with Crippen LogP contribution in [0.4, 0.5) is 0 Å². The Morgan fingerprint density at radius 3 is 1.22 bits per heavy atom. The second kappa shape index (κ2) is 7.43. The Balaban J connectivity index is 4.15. The quantitative estimate of drug-likeness (QED) is 0.555. The number of allylic oxidation sites excluding steroid dienone is 2. The molecule has 106 valence electrons. The van der Waals surface area contributed by atoms with Crippen molar-refractivity contribution in [1.29, 1.82) is 0 Å². The van der Waals surface area contributed by atoms with E-state index in [0.29, 0.717) is 0 Å². The van der Waals surface area contributed by atoms with E-state index in [-0.39, 0.29) is 0 Å². The van der Waals surface area contributed by atoms with E-state index in [1.807, 2.05) is 12.2 Å². The fourth-order valence-corrected chi connectivity index (χ4v) is 3.04. The van der Waals surface area contributed by atoms with Crippen molar-refractivity contribution in [3.63, 3.8) is 0 Å². The van der Waals surface area contributed by atoms with Gasteiger partial charge in [0.15, 0.2) is 0 Å². The third kappa shape index (κ3) is 11.0. The monoisotopic (exact) mass is 286 g/mol. The molecule has 0 aliphatic heterocycles. The van der Waals surface area contributed by atoms with Gasteiger partial charge in [0.1, 0.15) is 12.2 Å². The van der Waals surface area contributed by atoms with Gasteiger partial charge in [-0.2, -0.15) is 0 Å². The lowest BCUT2D eigenvalue weighted by Crippen LogP contribution is -2.23. The van der Waals surface area contributed by atoms with Crippen LogP contribution in [-0.2, 0) is 0 Å². The highest BCUT2D eigenvalue weighted by Gasteiger charge is 2.14. The van der Waals surface area contributed by atoms with Gasteiger partial charge in [0.25, 0.3) is 0 Å². The summed E-state index contributed by atoms with van der Waals surface area (Å²) in [5.74, 6) is 0. The van der Waals surface area contributed by atoms with Crippen LogP contribution >= 0.6 is 0 Å². The molecular formula is C14H30O2Si2. The molecule has 0 spiro atoms. The van der Waals surface area contributed by atoms with Crippen molar-refractivity contribution in [3.8, 4) is 0 Å². The van der Waals surface area contributed by atoms with E-state index in [1.54, 1.807) is 12.2 Å². The Hall–Kier alpha value is -0.166. The van der Waals surface area contributed by atoms with Gasteiger partial charge in [-0.1, -0.05) is 63.6 Å². The number of hydrogen-bond acceptors (Lipinski definition) is 2. The van der Waals surface area contributed by atoms with E-state index < -0.39 is 28.4 Å². The zero-order valence-electron chi connectivity index (χ0n) is 12.8. The Morgan fingerprint density at radius 1 is 0.722 bits per heavy atom. The number of hydrogen-bond donors (Lipinski definition) is 2. The lowest BCUT2D eigenvalue weighted by molar-refractivity contribution is 0.0807. The summed E-state index contributed by atoms with van der Waals surface area (Å²) in [6.07, 6.45) is 5.90. The van der Waals surface area contributed by atoms with Crippen LogP contribution in [0.2, 0.25) is 51.4 Å². The van der Waals surface area contributed by atoms with E-state index in [1.165, 1.54) is 0 Å². The van der Waals surface area contributed by atoms with E-state index in [4.69, 9.17) is 0 Å². The SMILES string of the molecule is C[Si](C)(C)C/C=C/[C@H](O)[C@@H](O)/C=C/C[Si](C)(C)C. The first-order valence-corrected chi connectivity index (χ1v) is 14.1. The van der Waals surface area contributed by atoms with Gasteiger partial charge in [0, 0.05) is 16.1 Å². The molecule has 0 aromatic heterocycles. The van der Waals surface area contributed by atoms with Crippen LogP contribution in [0.15, 0.2) is 24.3 Å². The molecule has 2 atom stereocenters. The van der Waals surface area contributed by atoms with Crippen LogP contribution in [-0.4, -0.2) is 38.6 Å². The summed E-state index contributed by atoms with van der Waals surface area (Å²) in [7, 11) is -2.20. The van der Waals surface area contributed by atoms with Crippen molar-refractivity contribution >= 4 is 16.1 Å². The highest BCUT2D eigenvalue weighted by atomic mass is 28.3. The third-order valence-corrected chi connectivity index (χ3v) is 5.40. The van der Waals surface area contributed by atoms with Gasteiger partial charge in [-0.3, -0.25) is 0 Å². The van der Waals surface area contributed by atoms with E-state index in [2.05, 4.69) is 39.3 Å². The minimum atomic E-state index is -1.10. The van der Waals surface area contributed by atoms with Crippen LogP contribution in [0, 0.1) is 0 Å². The van der Waals surface area contributed by atoms with Crippen LogP contribution in [0.5, 0.6) is 0 Å². The fourth-order valence-electron chi connectivity index (χ4n) is 1.35. The van der Waals surface area contributed by atoms with Crippen LogP contribution in [0.25, 0.3) is 0 Å². The highest BCUT2D eigenvalue weighted by Crippen LogP contribution is 2.11. The van der Waals surface area contributed by atoms with Crippen LogP contribution in [0.1, 0.15) is 0 Å². The zero-order valence-corrected chi connectivity index (χ0v) is 14.8. The molecule has 0 radical (unpaired) electrons. The van der Waals surface area contributed by atoms with Crippen molar-refractivity contribution in [2.75, 3.05) is 0 Å². The van der Waals surface area contributed by atoms with Gasteiger partial charge in [-0.25, -0.2) is 0 Å². The van der Waals surface area contributed by atoms with Gasteiger partial charge < -0.3 is 10.2 Å². The Labute approximate surface area is 114 Å². The molecule has 0 unspecified atom stereocenters. The Kier molecular flexibility index (Phi) is 7.36. The standard InChI is InChI=1S/C14H30O2Si2/c1-17(2,3)11-7-9-13(15)14(16)10-8-12-18(4,5)6/h7-10,13-16H,11-12H2,1-6H3/b9-7+,10-8+/t13-,14-/m0/s1. The molecular weight excluding hydrogens is 256 g/mol. The smallest absolute Gasteiger partial charge is 0.102 e. The molecule has 2 N–H and O–H groups in total. The molecule has 4 heteroatoms. The van der Waals surface area contributed by atoms with E-state index in [9.17, 15) is 10.2 Å². The van der Waals surface area contributed by atoms with Crippen molar-refractivity contribution in [1.82, 2.24) is 0 Å². The van der Waals surface area contributed by atoms with Gasteiger partial charge in [0.05, 0.1) is 0 Å². The van der Waals surface area contributed by atoms with Gasteiger partial charge in [-0.15, -0.1) is 0 Å². The Morgan fingerprint density at radius 2 is 1.00 bits per heavy atom. The predicted octanol–water partition coefficient (Wildman–Crippen LogP) is 3.50. The maximum Gasteiger partial charge on any atom is 0.102 e. The first-order valence-electron chi connectivity index (χ1n) is 6.71. The second-order valence-electron chi connectivity index (χ2n) is 7.37. The molecule has 0 amide bonds. The van der Waals surface area contributed by atoms with Crippen molar-refractivity contribution < 1.29 is 10.2 Å². The first kappa shape index (κ1) is 17.8. The van der Waals surface area contributed by atoms with Crippen molar-refractivity contribution in [2.24, 2.45) is 0 Å². The summed E-state index contributed by atoms with van der Waals surface area (Å²) in [4.78, 5) is 0. The molecule has 0 saturated carbocycles. The summed E-state index contributed by atoms with van der Waals surface area (Å²) in [5, 5.41) is 19.6. The molecule has 18 heavy (non-hydrogen) atoms. The molecule has 0 aliphatic carbocycles. The fraction of sp³-hybridized carbons (Fsp3) is 0.714. The highest BCUT2D eigenvalue weighted by molar-refractivity contribution is 6.76. The average Bonchev–Trinajstić information content (AvgIpc) is 2.13. The second-order valence-corrected chi connectivity index (χ2v) is 18.4. The summed E-state index contributed by atoms with van der Waals surface area (Å²) in [6, 6.07) is 2.07. The topological polar surface area (TPSA) is 40.5 Å². The van der Waals surface area contributed by atoms with Gasteiger partial charge in [-0.05, 0) is 12.1 Å². The minimum Gasteiger partial charge on any atom is -0.386 e. The van der Waals surface area contributed by atoms with E-state index in [0.717, 1.165) is 12.1 Å². The summed E-state index contributed by atoms with van der Waals surface area (Å²) >= 11 is 0. The molecule has 0 aromatic carbocycles. The summed E-state index contributed by atoms with van der Waals surface area (Å²) < 4.78 is 0. The zero-order chi connectivity index (χ0) is 14.4. The van der Waals surface area contributed by atoms with Crippen molar-refractivity contribution in [2.45, 2.75) is 63.6 Å². The van der Waals surface area contributed by atoms with E-state index >= 15 is 0 Å². The minimum absolute atomic E-state index is 0.778. The maximum atomic E-state index is 9.78. The molecule has 0 heterocycles. The van der Waals surface area contributed by atoms with Gasteiger partial charge in [0.2, 0.25) is 0 Å². The third-order valence-electron chi connectivity index (χ3n) is 2.48. The average molecular weight is 287 g/mol. The molecule has 0 rings (SSSR count). The molecule has 0 bridgehead atoms. The van der Waals surface area contributed by atoms with Crippen molar-refractivity contribution in [3.05, 3.63) is 24.3 Å². The molecule has 2 nitrogen and oxygen atoms in total. The predicted molar refractivity (Wildman–Crippen MR) is 86.6 cm³/mol. The number of aliphatic hydroxyl groups is 2.